The number of carboxylic acids is 1. The highest BCUT2D eigenvalue weighted by molar-refractivity contribution is 5.71. The molecule has 0 aliphatic carbocycles. The summed E-state index contributed by atoms with van der Waals surface area (Å²) in [5.41, 5.74) is 0.459. The Labute approximate surface area is 112 Å². The van der Waals surface area contributed by atoms with Crippen LogP contribution in [-0.2, 0) is 4.79 Å². The van der Waals surface area contributed by atoms with E-state index >= 15 is 0 Å². The molecule has 0 radical (unpaired) electrons. The largest absolute Gasteiger partial charge is 0.507 e. The van der Waals surface area contributed by atoms with Crippen LogP contribution in [0.15, 0.2) is 18.2 Å². The maximum Gasteiger partial charge on any atom is 0.308 e. The van der Waals surface area contributed by atoms with Gasteiger partial charge in [0.1, 0.15) is 11.5 Å². The number of nitrogens with zero attached hydrogens (tertiary/aromatic N) is 1. The van der Waals surface area contributed by atoms with E-state index in [1.807, 2.05) is 18.7 Å². The minimum absolute atomic E-state index is 0.0407. The highest BCUT2D eigenvalue weighted by atomic mass is 16.4. The second-order valence-electron chi connectivity index (χ2n) is 5.26. The number of hydrogen-bond donors (Lipinski definition) is 3. The molecule has 0 spiro atoms. The van der Waals surface area contributed by atoms with Crippen LogP contribution in [-0.4, -0.2) is 39.3 Å². The smallest absolute Gasteiger partial charge is 0.308 e. The summed E-state index contributed by atoms with van der Waals surface area (Å²) < 4.78 is 0. The number of carbonyl (C=O) groups is 1. The van der Waals surface area contributed by atoms with E-state index in [0.29, 0.717) is 18.7 Å². The van der Waals surface area contributed by atoms with E-state index in [9.17, 15) is 15.0 Å². The summed E-state index contributed by atoms with van der Waals surface area (Å²) in [6.45, 7) is 4.86. The SMILES string of the molecule is CC1CN(C(C)c2c(O)cccc2O)CC1C(=O)O. The van der Waals surface area contributed by atoms with Crippen molar-refractivity contribution in [2.75, 3.05) is 13.1 Å². The molecule has 104 valence electrons. The summed E-state index contributed by atoms with van der Waals surface area (Å²) in [6, 6.07) is 4.42. The fourth-order valence-electron chi connectivity index (χ4n) is 2.79. The number of benzene rings is 1. The normalized spacial score (nSPS) is 25.4. The third-order valence-corrected chi connectivity index (χ3v) is 3.98. The molecule has 1 fully saturated rings. The van der Waals surface area contributed by atoms with Gasteiger partial charge in [-0.2, -0.15) is 0 Å². The van der Waals surface area contributed by atoms with Gasteiger partial charge in [-0.15, -0.1) is 0 Å². The molecule has 3 N–H and O–H groups in total. The van der Waals surface area contributed by atoms with Gasteiger partial charge in [-0.05, 0) is 25.0 Å². The molecule has 19 heavy (non-hydrogen) atoms. The van der Waals surface area contributed by atoms with Gasteiger partial charge in [0.05, 0.1) is 11.5 Å². The minimum Gasteiger partial charge on any atom is -0.507 e. The van der Waals surface area contributed by atoms with Crippen molar-refractivity contribution >= 4 is 5.97 Å². The first-order valence-electron chi connectivity index (χ1n) is 6.39. The average molecular weight is 265 g/mol. The van der Waals surface area contributed by atoms with Crippen molar-refractivity contribution in [3.05, 3.63) is 23.8 Å². The molecule has 0 amide bonds. The lowest BCUT2D eigenvalue weighted by Crippen LogP contribution is -2.26. The zero-order valence-corrected chi connectivity index (χ0v) is 11.1. The molecule has 0 saturated carbocycles. The number of aliphatic carboxylic acids is 1. The quantitative estimate of drug-likeness (QED) is 0.776. The Bertz CT molecular complexity index is 468. The molecule has 3 atom stereocenters. The van der Waals surface area contributed by atoms with Crippen LogP contribution in [0, 0.1) is 11.8 Å². The number of likely N-dealkylation sites (tertiary alicyclic amines) is 1. The third-order valence-electron chi connectivity index (χ3n) is 3.98. The first kappa shape index (κ1) is 13.7. The number of phenolic OH excluding ortho intramolecular Hbond substituents is 2. The van der Waals surface area contributed by atoms with Gasteiger partial charge >= 0.3 is 5.97 Å². The summed E-state index contributed by atoms with van der Waals surface area (Å²) in [7, 11) is 0. The van der Waals surface area contributed by atoms with Crippen LogP contribution in [0.3, 0.4) is 0 Å². The Kier molecular flexibility index (Phi) is 3.66. The fraction of sp³-hybridized carbons (Fsp3) is 0.500. The molecule has 3 unspecified atom stereocenters. The predicted octanol–water partition coefficient (Wildman–Crippen LogP) is 1.81. The summed E-state index contributed by atoms with van der Waals surface area (Å²) in [6.07, 6.45) is 0. The molecular formula is C14H19NO4. The monoisotopic (exact) mass is 265 g/mol. The summed E-state index contributed by atoms with van der Waals surface area (Å²) in [4.78, 5) is 13.1. The highest BCUT2D eigenvalue weighted by Crippen LogP contribution is 2.38. The first-order chi connectivity index (χ1) is 8.91. The number of rotatable bonds is 3. The molecule has 1 aliphatic heterocycles. The van der Waals surface area contributed by atoms with E-state index in [2.05, 4.69) is 0 Å². The van der Waals surface area contributed by atoms with Crippen LogP contribution in [0.1, 0.15) is 25.5 Å². The van der Waals surface area contributed by atoms with Crippen molar-refractivity contribution in [2.45, 2.75) is 19.9 Å². The van der Waals surface area contributed by atoms with Crippen LogP contribution in [0.5, 0.6) is 11.5 Å². The van der Waals surface area contributed by atoms with E-state index in [-0.39, 0.29) is 23.5 Å². The summed E-state index contributed by atoms with van der Waals surface area (Å²) >= 11 is 0. The second-order valence-corrected chi connectivity index (χ2v) is 5.26. The van der Waals surface area contributed by atoms with Gasteiger partial charge in [0.2, 0.25) is 0 Å². The standard InChI is InChI=1S/C14H19NO4/c1-8-6-15(7-10(8)14(18)19)9(2)13-11(16)4-3-5-12(13)17/h3-5,8-10,16-17H,6-7H2,1-2H3,(H,18,19). The van der Waals surface area contributed by atoms with Gasteiger partial charge in [0, 0.05) is 19.1 Å². The summed E-state index contributed by atoms with van der Waals surface area (Å²) in [5, 5.41) is 28.9. The summed E-state index contributed by atoms with van der Waals surface area (Å²) in [5.74, 6) is -1.04. The Balaban J connectivity index is 2.22. The number of aromatic hydroxyl groups is 2. The van der Waals surface area contributed by atoms with Crippen LogP contribution in [0.4, 0.5) is 0 Å². The Morgan fingerprint density at radius 1 is 1.32 bits per heavy atom. The number of hydrogen-bond acceptors (Lipinski definition) is 4. The first-order valence-corrected chi connectivity index (χ1v) is 6.39. The average Bonchev–Trinajstić information content (AvgIpc) is 2.71. The maximum absolute atomic E-state index is 11.1. The number of carboxylic acid groups (broad SMARTS) is 1. The Morgan fingerprint density at radius 2 is 1.89 bits per heavy atom. The molecule has 0 bridgehead atoms. The van der Waals surface area contributed by atoms with Crippen LogP contribution >= 0.6 is 0 Å². The van der Waals surface area contributed by atoms with Gasteiger partial charge in [0.15, 0.2) is 0 Å². The highest BCUT2D eigenvalue weighted by Gasteiger charge is 2.37. The Hall–Kier alpha value is -1.75. The molecular weight excluding hydrogens is 246 g/mol. The molecule has 5 heteroatoms. The van der Waals surface area contributed by atoms with Gasteiger partial charge in [-0.1, -0.05) is 13.0 Å². The second kappa shape index (κ2) is 5.09. The minimum atomic E-state index is -0.788. The lowest BCUT2D eigenvalue weighted by molar-refractivity contribution is -0.142. The van der Waals surface area contributed by atoms with Crippen molar-refractivity contribution < 1.29 is 20.1 Å². The lowest BCUT2D eigenvalue weighted by Gasteiger charge is -2.25. The van der Waals surface area contributed by atoms with Crippen molar-refractivity contribution in [1.29, 1.82) is 0 Å². The predicted molar refractivity (Wildman–Crippen MR) is 70.0 cm³/mol. The van der Waals surface area contributed by atoms with E-state index in [4.69, 9.17) is 5.11 Å². The Morgan fingerprint density at radius 3 is 2.37 bits per heavy atom. The molecule has 1 saturated heterocycles. The molecule has 1 heterocycles. The molecule has 2 rings (SSSR count). The molecule has 0 aromatic heterocycles. The fourth-order valence-corrected chi connectivity index (χ4v) is 2.79. The van der Waals surface area contributed by atoms with Crippen LogP contribution in [0.2, 0.25) is 0 Å². The van der Waals surface area contributed by atoms with E-state index in [0.717, 1.165) is 0 Å². The van der Waals surface area contributed by atoms with Gasteiger partial charge in [-0.3, -0.25) is 9.69 Å². The number of phenols is 2. The topological polar surface area (TPSA) is 81.0 Å². The van der Waals surface area contributed by atoms with Crippen molar-refractivity contribution in [3.8, 4) is 11.5 Å². The van der Waals surface area contributed by atoms with Crippen LogP contribution < -0.4 is 0 Å². The van der Waals surface area contributed by atoms with E-state index in [1.54, 1.807) is 6.07 Å². The zero-order valence-electron chi connectivity index (χ0n) is 11.1. The van der Waals surface area contributed by atoms with Crippen LogP contribution in [0.25, 0.3) is 0 Å². The molecule has 5 nitrogen and oxygen atoms in total. The maximum atomic E-state index is 11.1. The molecule has 1 aliphatic rings. The van der Waals surface area contributed by atoms with Crippen molar-refractivity contribution in [3.63, 3.8) is 0 Å². The van der Waals surface area contributed by atoms with Gasteiger partial charge < -0.3 is 15.3 Å². The zero-order chi connectivity index (χ0) is 14.2. The van der Waals surface area contributed by atoms with Gasteiger partial charge in [0.25, 0.3) is 0 Å². The van der Waals surface area contributed by atoms with Gasteiger partial charge in [-0.25, -0.2) is 0 Å². The van der Waals surface area contributed by atoms with Crippen molar-refractivity contribution in [1.82, 2.24) is 4.90 Å². The van der Waals surface area contributed by atoms with E-state index in [1.165, 1.54) is 12.1 Å². The molecule has 1 aromatic rings. The van der Waals surface area contributed by atoms with E-state index < -0.39 is 11.9 Å². The third kappa shape index (κ3) is 2.51. The van der Waals surface area contributed by atoms with Crippen molar-refractivity contribution in [2.24, 2.45) is 11.8 Å². The lowest BCUT2D eigenvalue weighted by atomic mass is 9.99. The molecule has 1 aromatic carbocycles.